The summed E-state index contributed by atoms with van der Waals surface area (Å²) in [7, 11) is 0. The molecule has 0 atom stereocenters. The molecule has 0 fully saturated rings. The van der Waals surface area contributed by atoms with E-state index in [9.17, 15) is 9.59 Å². The second-order valence-corrected chi connectivity index (χ2v) is 6.73. The fourth-order valence-corrected chi connectivity index (χ4v) is 3.78. The van der Waals surface area contributed by atoms with Gasteiger partial charge in [0.05, 0.1) is 17.8 Å². The molecule has 0 saturated heterocycles. The van der Waals surface area contributed by atoms with E-state index in [1.165, 1.54) is 0 Å². The Morgan fingerprint density at radius 3 is 2.89 bits per heavy atom. The number of pyridine rings is 1. The van der Waals surface area contributed by atoms with Gasteiger partial charge in [0.1, 0.15) is 10.4 Å². The van der Waals surface area contributed by atoms with Crippen LogP contribution in [0.25, 0.3) is 21.6 Å². The summed E-state index contributed by atoms with van der Waals surface area (Å²) in [6.07, 6.45) is 1.64. The average molecular weight is 380 g/mol. The number of H-pyrrole nitrogens is 1. The molecule has 0 spiro atoms. The highest BCUT2D eigenvalue weighted by atomic mass is 32.1. The van der Waals surface area contributed by atoms with Crippen LogP contribution in [0.5, 0.6) is 11.5 Å². The summed E-state index contributed by atoms with van der Waals surface area (Å²) in [6.45, 7) is 0.292. The zero-order valence-electron chi connectivity index (χ0n) is 13.8. The number of hydrogen-bond acceptors (Lipinski definition) is 7. The largest absolute Gasteiger partial charge is 0.454 e. The Morgan fingerprint density at radius 2 is 2.04 bits per heavy atom. The van der Waals surface area contributed by atoms with Gasteiger partial charge in [0.25, 0.3) is 5.56 Å². The zero-order chi connectivity index (χ0) is 18.4. The predicted octanol–water partition coefficient (Wildman–Crippen LogP) is 1.99. The smallest absolute Gasteiger partial charge is 0.329 e. The first-order valence-electron chi connectivity index (χ1n) is 8.13. The molecule has 4 aromatic rings. The highest BCUT2D eigenvalue weighted by molar-refractivity contribution is 7.13. The van der Waals surface area contributed by atoms with E-state index in [0.717, 1.165) is 21.7 Å². The lowest BCUT2D eigenvalue weighted by atomic mass is 10.2. The van der Waals surface area contributed by atoms with E-state index in [1.807, 2.05) is 6.07 Å². The molecule has 0 aliphatic carbocycles. The van der Waals surface area contributed by atoms with Crippen LogP contribution in [0.1, 0.15) is 5.56 Å². The average Bonchev–Trinajstić information content (AvgIpc) is 3.32. The molecule has 0 bridgehead atoms. The summed E-state index contributed by atoms with van der Waals surface area (Å²) in [5.74, 6) is 1.26. The molecule has 9 heteroatoms. The first kappa shape index (κ1) is 15.8. The molecule has 0 amide bonds. The highest BCUT2D eigenvalue weighted by Crippen LogP contribution is 2.32. The van der Waals surface area contributed by atoms with Crippen LogP contribution in [0.2, 0.25) is 0 Å². The quantitative estimate of drug-likeness (QED) is 0.584. The van der Waals surface area contributed by atoms with Crippen molar-refractivity contribution in [1.82, 2.24) is 18.9 Å². The Balaban J connectivity index is 1.60. The summed E-state index contributed by atoms with van der Waals surface area (Å²) in [6, 6.07) is 10.7. The maximum Gasteiger partial charge on any atom is 0.329 e. The number of aromatic nitrogens is 4. The lowest BCUT2D eigenvalue weighted by Crippen LogP contribution is -2.34. The zero-order valence-corrected chi connectivity index (χ0v) is 14.7. The maximum absolute atomic E-state index is 12.9. The molecule has 3 aromatic heterocycles. The van der Waals surface area contributed by atoms with Gasteiger partial charge in [0.2, 0.25) is 6.79 Å². The molecular weight excluding hydrogens is 368 g/mol. The highest BCUT2D eigenvalue weighted by Gasteiger charge is 2.18. The Labute approximate surface area is 155 Å². The van der Waals surface area contributed by atoms with E-state index in [0.29, 0.717) is 33.1 Å². The second kappa shape index (κ2) is 6.06. The fourth-order valence-electron chi connectivity index (χ4n) is 2.98. The number of aromatic amines is 1. The normalized spacial score (nSPS) is 12.6. The van der Waals surface area contributed by atoms with Crippen LogP contribution >= 0.6 is 11.5 Å². The first-order chi connectivity index (χ1) is 13.2. The van der Waals surface area contributed by atoms with Crippen molar-refractivity contribution in [1.29, 1.82) is 0 Å². The molecule has 1 aliphatic heterocycles. The fraction of sp³-hybridized carbons (Fsp3) is 0.111. The van der Waals surface area contributed by atoms with Crippen molar-refractivity contribution in [2.45, 2.75) is 6.54 Å². The summed E-state index contributed by atoms with van der Waals surface area (Å²) in [4.78, 5) is 32.5. The van der Waals surface area contributed by atoms with E-state index in [-0.39, 0.29) is 18.9 Å². The van der Waals surface area contributed by atoms with Gasteiger partial charge >= 0.3 is 5.69 Å². The predicted molar refractivity (Wildman–Crippen MR) is 99.4 cm³/mol. The van der Waals surface area contributed by atoms with Crippen LogP contribution in [0.3, 0.4) is 0 Å². The molecule has 0 saturated carbocycles. The summed E-state index contributed by atoms with van der Waals surface area (Å²) in [5, 5.41) is 0. The van der Waals surface area contributed by atoms with Crippen LogP contribution in [0, 0.1) is 0 Å². The van der Waals surface area contributed by atoms with E-state index >= 15 is 0 Å². The topological polar surface area (TPSA) is 99.1 Å². The molecule has 1 N–H and O–H groups in total. The van der Waals surface area contributed by atoms with Crippen LogP contribution in [0.4, 0.5) is 0 Å². The second-order valence-electron chi connectivity index (χ2n) is 5.96. The van der Waals surface area contributed by atoms with Crippen molar-refractivity contribution in [3.63, 3.8) is 0 Å². The Morgan fingerprint density at radius 1 is 1.15 bits per heavy atom. The Hall–Kier alpha value is -3.46. The molecule has 0 unspecified atom stereocenters. The third-order valence-corrected chi connectivity index (χ3v) is 5.13. The van der Waals surface area contributed by atoms with Gasteiger partial charge in [-0.05, 0) is 41.4 Å². The number of rotatable bonds is 3. The SMILES string of the molecule is O=c1[nH]c2c(-c3ccccn3)nsc2c(=O)n1Cc1ccc2c(c1)OCO2. The van der Waals surface area contributed by atoms with Gasteiger partial charge in [-0.1, -0.05) is 12.1 Å². The van der Waals surface area contributed by atoms with Gasteiger partial charge in [0, 0.05) is 6.20 Å². The summed E-state index contributed by atoms with van der Waals surface area (Å²) < 4.78 is 16.5. The van der Waals surface area contributed by atoms with Crippen molar-refractivity contribution >= 4 is 21.7 Å². The van der Waals surface area contributed by atoms with Gasteiger partial charge in [0.15, 0.2) is 11.5 Å². The Kier molecular flexibility index (Phi) is 3.54. The van der Waals surface area contributed by atoms with Gasteiger partial charge in [-0.25, -0.2) is 4.79 Å². The number of nitrogens with one attached hydrogen (secondary N) is 1. The number of benzene rings is 1. The van der Waals surface area contributed by atoms with E-state index in [2.05, 4.69) is 14.3 Å². The van der Waals surface area contributed by atoms with Crippen LogP contribution < -0.4 is 20.7 Å². The molecule has 8 nitrogen and oxygen atoms in total. The monoisotopic (exact) mass is 380 g/mol. The molecule has 27 heavy (non-hydrogen) atoms. The molecular formula is C18H12N4O4S. The number of ether oxygens (including phenoxy) is 2. The van der Waals surface area contributed by atoms with Gasteiger partial charge in [-0.3, -0.25) is 14.3 Å². The van der Waals surface area contributed by atoms with Crippen LogP contribution in [-0.4, -0.2) is 25.7 Å². The van der Waals surface area contributed by atoms with Gasteiger partial charge in [-0.15, -0.1) is 0 Å². The molecule has 1 aliphatic rings. The maximum atomic E-state index is 12.9. The number of fused-ring (bicyclic) bond motifs is 2. The van der Waals surface area contributed by atoms with Gasteiger partial charge in [-0.2, -0.15) is 4.37 Å². The minimum absolute atomic E-state index is 0.123. The molecule has 4 heterocycles. The summed E-state index contributed by atoms with van der Waals surface area (Å²) >= 11 is 1.05. The van der Waals surface area contributed by atoms with Crippen molar-refractivity contribution in [3.8, 4) is 22.9 Å². The van der Waals surface area contributed by atoms with E-state index in [1.54, 1.807) is 36.5 Å². The molecule has 0 radical (unpaired) electrons. The van der Waals surface area contributed by atoms with Crippen molar-refractivity contribution in [3.05, 3.63) is 69.0 Å². The lowest BCUT2D eigenvalue weighted by molar-refractivity contribution is 0.174. The van der Waals surface area contributed by atoms with Crippen molar-refractivity contribution in [2.75, 3.05) is 6.79 Å². The van der Waals surface area contributed by atoms with Gasteiger partial charge < -0.3 is 14.5 Å². The van der Waals surface area contributed by atoms with E-state index in [4.69, 9.17) is 9.47 Å². The molecule has 134 valence electrons. The van der Waals surface area contributed by atoms with Crippen molar-refractivity contribution < 1.29 is 9.47 Å². The first-order valence-corrected chi connectivity index (χ1v) is 8.90. The third kappa shape index (κ3) is 2.59. The van der Waals surface area contributed by atoms with Crippen LogP contribution in [-0.2, 0) is 6.54 Å². The molecule has 1 aromatic carbocycles. The molecule has 5 rings (SSSR count). The lowest BCUT2D eigenvalue weighted by Gasteiger charge is -2.06. The summed E-state index contributed by atoms with van der Waals surface area (Å²) in [5.41, 5.74) is 1.40. The number of hydrogen-bond donors (Lipinski definition) is 1. The van der Waals surface area contributed by atoms with Crippen molar-refractivity contribution in [2.24, 2.45) is 0 Å². The van der Waals surface area contributed by atoms with E-state index < -0.39 is 5.69 Å². The standard InChI is InChI=1S/C18H12N4O4S/c23-17-16-15(14(21-27-16)11-3-1-2-6-19-11)20-18(24)22(17)8-10-4-5-12-13(7-10)26-9-25-12/h1-7H,8-9H2,(H,20,24). The third-order valence-electron chi connectivity index (χ3n) is 4.29. The number of nitrogens with zero attached hydrogens (tertiary/aromatic N) is 3. The Bertz CT molecular complexity index is 1280. The minimum atomic E-state index is -0.498. The van der Waals surface area contributed by atoms with Crippen LogP contribution in [0.15, 0.2) is 52.2 Å². The minimum Gasteiger partial charge on any atom is -0.454 e.